The first-order valence-electron chi connectivity index (χ1n) is 5.28. The summed E-state index contributed by atoms with van der Waals surface area (Å²) in [5.41, 5.74) is 1.49. The van der Waals surface area contributed by atoms with Gasteiger partial charge < -0.3 is 9.67 Å². The number of nitrogens with zero attached hydrogens (tertiary/aromatic N) is 2. The average Bonchev–Trinajstić information content (AvgIpc) is 2.67. The molecule has 0 aliphatic rings. The van der Waals surface area contributed by atoms with E-state index in [0.29, 0.717) is 22.0 Å². The second-order valence-corrected chi connectivity index (χ2v) is 3.96. The fourth-order valence-corrected chi connectivity index (χ4v) is 1.92. The fraction of sp³-hybridized carbons (Fsp3) is 0.154. The molecule has 0 saturated carbocycles. The molecule has 0 radical (unpaired) electrons. The molecule has 0 atom stereocenters. The van der Waals surface area contributed by atoms with Crippen molar-refractivity contribution in [1.29, 1.82) is 5.26 Å². The van der Waals surface area contributed by atoms with Crippen molar-refractivity contribution in [3.8, 4) is 6.07 Å². The second kappa shape index (κ2) is 4.34. The van der Waals surface area contributed by atoms with E-state index in [1.807, 2.05) is 6.07 Å². The van der Waals surface area contributed by atoms with Crippen LogP contribution in [0.1, 0.15) is 22.8 Å². The number of hydrogen-bond donors (Lipinski definition) is 1. The summed E-state index contributed by atoms with van der Waals surface area (Å²) in [7, 11) is 0. The fourth-order valence-electron chi connectivity index (χ4n) is 1.92. The third-order valence-corrected chi connectivity index (χ3v) is 2.70. The van der Waals surface area contributed by atoms with E-state index in [9.17, 15) is 9.59 Å². The molecular formula is C13H10N2O3. The van der Waals surface area contributed by atoms with Gasteiger partial charge in [-0.2, -0.15) is 5.26 Å². The van der Waals surface area contributed by atoms with Gasteiger partial charge in [-0.3, -0.25) is 9.59 Å². The van der Waals surface area contributed by atoms with E-state index in [2.05, 4.69) is 0 Å². The normalized spacial score (nSPS) is 10.2. The number of carbonyl (C=O) groups excluding carboxylic acids is 1. The molecule has 0 aliphatic heterocycles. The molecule has 90 valence electrons. The Morgan fingerprint density at radius 2 is 2.17 bits per heavy atom. The molecule has 2 aromatic rings. The number of aromatic nitrogens is 1. The summed E-state index contributed by atoms with van der Waals surface area (Å²) in [4.78, 5) is 22.3. The van der Waals surface area contributed by atoms with E-state index in [1.54, 1.807) is 18.2 Å². The number of carboxylic acids is 1. The number of hydrogen-bond acceptors (Lipinski definition) is 3. The number of carbonyl (C=O) groups is 2. The molecule has 0 unspecified atom stereocenters. The maximum Gasteiger partial charge on any atom is 0.323 e. The number of rotatable bonds is 3. The van der Waals surface area contributed by atoms with Gasteiger partial charge in [-0.05, 0) is 19.1 Å². The number of Topliss-reactive ketones (excluding diaryl/α,β-unsaturated/α-hetero) is 1. The van der Waals surface area contributed by atoms with Crippen molar-refractivity contribution in [3.63, 3.8) is 0 Å². The van der Waals surface area contributed by atoms with E-state index >= 15 is 0 Å². The van der Waals surface area contributed by atoms with Gasteiger partial charge in [-0.1, -0.05) is 6.07 Å². The first-order chi connectivity index (χ1) is 8.52. The molecule has 2 rings (SSSR count). The molecule has 0 saturated heterocycles. The van der Waals surface area contributed by atoms with Crippen LogP contribution in [0.4, 0.5) is 0 Å². The van der Waals surface area contributed by atoms with Gasteiger partial charge in [0.25, 0.3) is 0 Å². The molecule has 5 heteroatoms. The standard InChI is InChI=1S/C13H10N2O3/c1-8(16)11-6-15(7-13(17)18)12-4-9(5-14)2-3-10(11)12/h2-4,6H,7H2,1H3,(H,17,18). The summed E-state index contributed by atoms with van der Waals surface area (Å²) >= 11 is 0. The van der Waals surface area contributed by atoms with E-state index in [0.717, 1.165) is 0 Å². The zero-order valence-electron chi connectivity index (χ0n) is 9.67. The first-order valence-corrected chi connectivity index (χ1v) is 5.28. The summed E-state index contributed by atoms with van der Waals surface area (Å²) in [6.07, 6.45) is 1.52. The molecule has 0 amide bonds. The lowest BCUT2D eigenvalue weighted by Gasteiger charge is -2.00. The monoisotopic (exact) mass is 242 g/mol. The Labute approximate surface area is 103 Å². The SMILES string of the molecule is CC(=O)c1cn(CC(=O)O)c2cc(C#N)ccc12. The van der Waals surface area contributed by atoms with Crippen LogP contribution in [0.3, 0.4) is 0 Å². The van der Waals surface area contributed by atoms with Crippen molar-refractivity contribution in [3.05, 3.63) is 35.5 Å². The highest BCUT2D eigenvalue weighted by atomic mass is 16.4. The van der Waals surface area contributed by atoms with Crippen molar-refractivity contribution >= 4 is 22.7 Å². The molecule has 0 bridgehead atoms. The van der Waals surface area contributed by atoms with Crippen molar-refractivity contribution in [2.75, 3.05) is 0 Å². The topological polar surface area (TPSA) is 83.1 Å². The highest BCUT2D eigenvalue weighted by molar-refractivity contribution is 6.07. The number of benzene rings is 1. The summed E-state index contributed by atoms with van der Waals surface area (Å²) in [5, 5.41) is 18.3. The molecule has 1 aromatic carbocycles. The van der Waals surface area contributed by atoms with Gasteiger partial charge in [0.05, 0.1) is 17.1 Å². The lowest BCUT2D eigenvalue weighted by molar-refractivity contribution is -0.137. The zero-order chi connectivity index (χ0) is 13.3. The lowest BCUT2D eigenvalue weighted by Crippen LogP contribution is -2.07. The molecule has 1 N–H and O–H groups in total. The molecular weight excluding hydrogens is 232 g/mol. The summed E-state index contributed by atoms with van der Waals surface area (Å²) < 4.78 is 1.47. The lowest BCUT2D eigenvalue weighted by atomic mass is 10.1. The summed E-state index contributed by atoms with van der Waals surface area (Å²) in [5.74, 6) is -1.13. The Balaban J connectivity index is 2.73. The van der Waals surface area contributed by atoms with Crippen LogP contribution in [-0.4, -0.2) is 21.4 Å². The minimum Gasteiger partial charge on any atom is -0.480 e. The minimum atomic E-state index is -0.996. The van der Waals surface area contributed by atoms with Gasteiger partial charge in [0.2, 0.25) is 0 Å². The summed E-state index contributed by atoms with van der Waals surface area (Å²) in [6.45, 7) is 1.19. The Hall–Kier alpha value is -2.61. The average molecular weight is 242 g/mol. The molecule has 0 fully saturated rings. The predicted octanol–water partition coefficient (Wildman–Crippen LogP) is 1.80. The van der Waals surface area contributed by atoms with Gasteiger partial charge in [0.15, 0.2) is 5.78 Å². The van der Waals surface area contributed by atoms with Crippen LogP contribution in [0.2, 0.25) is 0 Å². The maximum absolute atomic E-state index is 11.5. The molecule has 18 heavy (non-hydrogen) atoms. The Kier molecular flexibility index (Phi) is 2.86. The number of fused-ring (bicyclic) bond motifs is 1. The van der Waals surface area contributed by atoms with E-state index in [-0.39, 0.29) is 12.3 Å². The van der Waals surface area contributed by atoms with Crippen molar-refractivity contribution in [2.24, 2.45) is 0 Å². The third kappa shape index (κ3) is 1.96. The van der Waals surface area contributed by atoms with Gasteiger partial charge in [0.1, 0.15) is 6.54 Å². The van der Waals surface area contributed by atoms with E-state index in [4.69, 9.17) is 10.4 Å². The molecule has 5 nitrogen and oxygen atoms in total. The minimum absolute atomic E-state index is 0.131. The van der Waals surface area contributed by atoms with Crippen molar-refractivity contribution in [2.45, 2.75) is 13.5 Å². The Morgan fingerprint density at radius 3 is 2.72 bits per heavy atom. The largest absolute Gasteiger partial charge is 0.480 e. The maximum atomic E-state index is 11.5. The van der Waals surface area contributed by atoms with E-state index in [1.165, 1.54) is 17.7 Å². The van der Waals surface area contributed by atoms with Gasteiger partial charge in [-0.25, -0.2) is 0 Å². The smallest absolute Gasteiger partial charge is 0.323 e. The molecule has 1 aromatic heterocycles. The number of aliphatic carboxylic acids is 1. The Morgan fingerprint density at radius 1 is 1.44 bits per heavy atom. The van der Waals surface area contributed by atoms with Crippen molar-refractivity contribution < 1.29 is 14.7 Å². The number of ketones is 1. The molecule has 0 spiro atoms. The quantitative estimate of drug-likeness (QED) is 0.832. The van der Waals surface area contributed by atoms with Crippen LogP contribution in [0.15, 0.2) is 24.4 Å². The van der Waals surface area contributed by atoms with Crippen LogP contribution < -0.4 is 0 Å². The van der Waals surface area contributed by atoms with Gasteiger partial charge in [-0.15, -0.1) is 0 Å². The highest BCUT2D eigenvalue weighted by Crippen LogP contribution is 2.23. The third-order valence-electron chi connectivity index (χ3n) is 2.70. The highest BCUT2D eigenvalue weighted by Gasteiger charge is 2.13. The Bertz CT molecular complexity index is 692. The molecule has 1 heterocycles. The predicted molar refractivity (Wildman–Crippen MR) is 64.3 cm³/mol. The first kappa shape index (κ1) is 11.9. The molecule has 0 aliphatic carbocycles. The van der Waals surface area contributed by atoms with Crippen LogP contribution in [0, 0.1) is 11.3 Å². The van der Waals surface area contributed by atoms with Crippen LogP contribution >= 0.6 is 0 Å². The number of carboxylic acid groups (broad SMARTS) is 1. The van der Waals surface area contributed by atoms with Crippen LogP contribution in [-0.2, 0) is 11.3 Å². The second-order valence-electron chi connectivity index (χ2n) is 3.96. The van der Waals surface area contributed by atoms with Crippen LogP contribution in [0.25, 0.3) is 10.9 Å². The van der Waals surface area contributed by atoms with Gasteiger partial charge >= 0.3 is 5.97 Å². The zero-order valence-corrected chi connectivity index (χ0v) is 9.67. The van der Waals surface area contributed by atoms with E-state index < -0.39 is 5.97 Å². The van der Waals surface area contributed by atoms with Crippen molar-refractivity contribution in [1.82, 2.24) is 4.57 Å². The van der Waals surface area contributed by atoms with Gasteiger partial charge in [0, 0.05) is 17.1 Å². The number of nitriles is 1. The summed E-state index contributed by atoms with van der Waals surface area (Å²) in [6, 6.07) is 6.86. The van der Waals surface area contributed by atoms with Crippen LogP contribution in [0.5, 0.6) is 0 Å².